The van der Waals surface area contributed by atoms with E-state index >= 15 is 0 Å². The molecule has 0 heterocycles. The Morgan fingerprint density at radius 1 is 1.27 bits per heavy atom. The lowest BCUT2D eigenvalue weighted by molar-refractivity contribution is 0.0217. The summed E-state index contributed by atoms with van der Waals surface area (Å²) in [5, 5.41) is 0. The summed E-state index contributed by atoms with van der Waals surface area (Å²) < 4.78 is 0. The van der Waals surface area contributed by atoms with Gasteiger partial charge in [-0.15, -0.1) is 0 Å². The van der Waals surface area contributed by atoms with Crippen LogP contribution in [-0.2, 0) is 0 Å². The Bertz CT molecular complexity index is 145. The molecule has 2 rings (SSSR count). The normalized spacial score (nSPS) is 37.1. The Kier molecular flexibility index (Phi) is 1.71. The molecule has 2 saturated carbocycles. The number of hydrogen-bond donors (Lipinski definition) is 1. The highest BCUT2D eigenvalue weighted by Gasteiger charge is 2.49. The summed E-state index contributed by atoms with van der Waals surface area (Å²) in [5.41, 5.74) is 6.68. The lowest BCUT2D eigenvalue weighted by atomic mass is 9.57. The summed E-state index contributed by atoms with van der Waals surface area (Å²) in [6.45, 7) is 2.18. The summed E-state index contributed by atoms with van der Waals surface area (Å²) in [6.07, 6.45) is 8.74. The van der Waals surface area contributed by atoms with Crippen molar-refractivity contribution in [2.75, 3.05) is 0 Å². The minimum absolute atomic E-state index is 0.446. The topological polar surface area (TPSA) is 26.0 Å². The lowest BCUT2D eigenvalue weighted by Gasteiger charge is -2.49. The van der Waals surface area contributed by atoms with Gasteiger partial charge in [0.25, 0.3) is 0 Å². The molecule has 2 N–H and O–H groups in total. The van der Waals surface area contributed by atoms with E-state index in [4.69, 9.17) is 5.73 Å². The van der Waals surface area contributed by atoms with Gasteiger partial charge in [-0.25, -0.2) is 0 Å². The molecule has 0 radical (unpaired) electrons. The zero-order valence-corrected chi connectivity index (χ0v) is 7.47. The van der Waals surface area contributed by atoms with Gasteiger partial charge in [0.05, 0.1) is 0 Å². The van der Waals surface area contributed by atoms with E-state index < -0.39 is 0 Å². The molecule has 0 bridgehead atoms. The average molecular weight is 153 g/mol. The predicted molar refractivity (Wildman–Crippen MR) is 47.3 cm³/mol. The standard InChI is InChI=1S/C10H19N/c1-8(11)9-4-7-10(9)5-2-3-6-10/h8-9H,2-7,11H2,1H3. The van der Waals surface area contributed by atoms with Crippen LogP contribution in [-0.4, -0.2) is 6.04 Å². The third-order valence-corrected chi connectivity index (χ3v) is 3.97. The minimum Gasteiger partial charge on any atom is -0.328 e. The quantitative estimate of drug-likeness (QED) is 0.614. The maximum absolute atomic E-state index is 5.95. The van der Waals surface area contributed by atoms with Gasteiger partial charge in [-0.1, -0.05) is 12.8 Å². The van der Waals surface area contributed by atoms with Crippen LogP contribution < -0.4 is 5.73 Å². The zero-order valence-electron chi connectivity index (χ0n) is 7.47. The summed E-state index contributed by atoms with van der Waals surface area (Å²) in [5.74, 6) is 0.866. The van der Waals surface area contributed by atoms with Gasteiger partial charge in [0.1, 0.15) is 0 Å². The lowest BCUT2D eigenvalue weighted by Crippen LogP contribution is -2.47. The highest BCUT2D eigenvalue weighted by atomic mass is 14.7. The minimum atomic E-state index is 0.446. The first-order valence-corrected chi connectivity index (χ1v) is 5.00. The van der Waals surface area contributed by atoms with Crippen molar-refractivity contribution in [2.45, 2.75) is 51.5 Å². The molecule has 2 aliphatic rings. The molecule has 2 fully saturated rings. The molecule has 2 unspecified atom stereocenters. The molecule has 0 saturated heterocycles. The maximum Gasteiger partial charge on any atom is 0.00440 e. The first kappa shape index (κ1) is 7.60. The highest BCUT2D eigenvalue weighted by molar-refractivity contribution is 5.01. The van der Waals surface area contributed by atoms with Crippen molar-refractivity contribution >= 4 is 0 Å². The Hall–Kier alpha value is -0.0400. The highest BCUT2D eigenvalue weighted by Crippen LogP contribution is 2.57. The van der Waals surface area contributed by atoms with Crippen LogP contribution in [0, 0.1) is 11.3 Å². The molecule has 0 aromatic rings. The van der Waals surface area contributed by atoms with E-state index in [0.717, 1.165) is 11.3 Å². The Labute approximate surface area is 69.4 Å². The first-order chi connectivity index (χ1) is 5.25. The van der Waals surface area contributed by atoms with Gasteiger partial charge in [-0.3, -0.25) is 0 Å². The van der Waals surface area contributed by atoms with Crippen molar-refractivity contribution in [3.8, 4) is 0 Å². The van der Waals surface area contributed by atoms with Gasteiger partial charge in [0.15, 0.2) is 0 Å². The van der Waals surface area contributed by atoms with E-state index in [9.17, 15) is 0 Å². The van der Waals surface area contributed by atoms with Crippen molar-refractivity contribution < 1.29 is 0 Å². The van der Waals surface area contributed by atoms with Gasteiger partial charge >= 0.3 is 0 Å². The van der Waals surface area contributed by atoms with Crippen molar-refractivity contribution in [3.05, 3.63) is 0 Å². The Morgan fingerprint density at radius 3 is 2.27 bits per heavy atom. The molecule has 1 nitrogen and oxygen atoms in total. The van der Waals surface area contributed by atoms with E-state index in [1.54, 1.807) is 0 Å². The van der Waals surface area contributed by atoms with Gasteiger partial charge in [0, 0.05) is 6.04 Å². The largest absolute Gasteiger partial charge is 0.328 e. The second kappa shape index (κ2) is 2.48. The fraction of sp³-hybridized carbons (Fsp3) is 1.00. The van der Waals surface area contributed by atoms with Gasteiger partial charge in [0.2, 0.25) is 0 Å². The molecular formula is C10H19N. The second-order valence-corrected chi connectivity index (χ2v) is 4.57. The smallest absolute Gasteiger partial charge is 0.00440 e. The second-order valence-electron chi connectivity index (χ2n) is 4.57. The van der Waals surface area contributed by atoms with Crippen molar-refractivity contribution in [3.63, 3.8) is 0 Å². The molecule has 0 aliphatic heterocycles. The third-order valence-electron chi connectivity index (χ3n) is 3.97. The molecule has 2 atom stereocenters. The van der Waals surface area contributed by atoms with E-state index in [1.165, 1.54) is 38.5 Å². The maximum atomic E-state index is 5.95. The van der Waals surface area contributed by atoms with E-state index in [0.29, 0.717) is 6.04 Å². The van der Waals surface area contributed by atoms with E-state index in [1.807, 2.05) is 0 Å². The fourth-order valence-electron chi connectivity index (χ4n) is 3.24. The molecule has 0 aromatic carbocycles. The number of rotatable bonds is 1. The molecule has 2 aliphatic carbocycles. The number of hydrogen-bond acceptors (Lipinski definition) is 1. The predicted octanol–water partition coefficient (Wildman–Crippen LogP) is 2.30. The van der Waals surface area contributed by atoms with Crippen molar-refractivity contribution in [1.82, 2.24) is 0 Å². The van der Waals surface area contributed by atoms with Crippen LogP contribution >= 0.6 is 0 Å². The summed E-state index contributed by atoms with van der Waals surface area (Å²) in [4.78, 5) is 0. The summed E-state index contributed by atoms with van der Waals surface area (Å²) >= 11 is 0. The SMILES string of the molecule is CC(N)C1CCC12CCCC2. The molecule has 64 valence electrons. The number of nitrogens with two attached hydrogens (primary N) is 1. The monoisotopic (exact) mass is 153 g/mol. The van der Waals surface area contributed by atoms with Crippen molar-refractivity contribution in [2.24, 2.45) is 17.1 Å². The third kappa shape index (κ3) is 1.01. The van der Waals surface area contributed by atoms with Crippen LogP contribution in [0.3, 0.4) is 0 Å². The van der Waals surface area contributed by atoms with Crippen LogP contribution in [0.2, 0.25) is 0 Å². The average Bonchev–Trinajstić information content (AvgIpc) is 2.31. The van der Waals surface area contributed by atoms with E-state index in [2.05, 4.69) is 6.92 Å². The van der Waals surface area contributed by atoms with Crippen molar-refractivity contribution in [1.29, 1.82) is 0 Å². The van der Waals surface area contributed by atoms with Crippen LogP contribution in [0.5, 0.6) is 0 Å². The Balaban J connectivity index is 2.03. The van der Waals surface area contributed by atoms with Gasteiger partial charge in [-0.05, 0) is 43.9 Å². The van der Waals surface area contributed by atoms with Crippen LogP contribution in [0.1, 0.15) is 45.4 Å². The van der Waals surface area contributed by atoms with Crippen LogP contribution in [0.15, 0.2) is 0 Å². The summed E-state index contributed by atoms with van der Waals surface area (Å²) in [7, 11) is 0. The molecule has 0 aromatic heterocycles. The molecule has 11 heavy (non-hydrogen) atoms. The molecule has 0 amide bonds. The van der Waals surface area contributed by atoms with Gasteiger partial charge < -0.3 is 5.73 Å². The van der Waals surface area contributed by atoms with Crippen LogP contribution in [0.4, 0.5) is 0 Å². The molecular weight excluding hydrogens is 134 g/mol. The first-order valence-electron chi connectivity index (χ1n) is 5.00. The Morgan fingerprint density at radius 2 is 1.91 bits per heavy atom. The molecule has 1 heteroatoms. The summed E-state index contributed by atoms with van der Waals surface area (Å²) in [6, 6.07) is 0.446. The van der Waals surface area contributed by atoms with Gasteiger partial charge in [-0.2, -0.15) is 0 Å². The zero-order chi connectivity index (χ0) is 7.90. The molecule has 1 spiro atoms. The fourth-order valence-corrected chi connectivity index (χ4v) is 3.24. The van der Waals surface area contributed by atoms with Crippen LogP contribution in [0.25, 0.3) is 0 Å². The van der Waals surface area contributed by atoms with E-state index in [-0.39, 0.29) is 0 Å².